The topological polar surface area (TPSA) is 83.6 Å². The summed E-state index contributed by atoms with van der Waals surface area (Å²) in [5.41, 5.74) is 2.34. The van der Waals surface area contributed by atoms with Gasteiger partial charge >= 0.3 is 0 Å². The Kier molecular flexibility index (Phi) is 4.75. The maximum Gasteiger partial charge on any atom is 0.261 e. The summed E-state index contributed by atoms with van der Waals surface area (Å²) < 4.78 is 50.3. The highest BCUT2D eigenvalue weighted by atomic mass is 32.2. The molecule has 6 nitrogen and oxygen atoms in total. The zero-order chi connectivity index (χ0) is 18.1. The number of nitrogens with zero attached hydrogens (tertiary/aromatic N) is 1. The molecule has 134 valence electrons. The second-order valence-corrected chi connectivity index (χ2v) is 10.1. The molecule has 1 aliphatic heterocycles. The summed E-state index contributed by atoms with van der Waals surface area (Å²) in [6.07, 6.45) is 0. The van der Waals surface area contributed by atoms with E-state index in [4.69, 9.17) is 0 Å². The van der Waals surface area contributed by atoms with Crippen LogP contribution in [0, 0.1) is 6.92 Å². The smallest absolute Gasteiger partial charge is 0.261 e. The number of hydrogen-bond acceptors (Lipinski definition) is 5. The third-order valence-electron chi connectivity index (χ3n) is 4.16. The van der Waals surface area contributed by atoms with Crippen molar-refractivity contribution >= 4 is 31.2 Å². The number of anilines is 2. The fourth-order valence-electron chi connectivity index (χ4n) is 2.64. The molecule has 1 fully saturated rings. The number of sulfone groups is 1. The Morgan fingerprint density at radius 1 is 0.920 bits per heavy atom. The van der Waals surface area contributed by atoms with Crippen LogP contribution in [0.2, 0.25) is 0 Å². The molecule has 1 aliphatic rings. The van der Waals surface area contributed by atoms with Crippen molar-refractivity contribution in [3.8, 4) is 0 Å². The molecule has 0 unspecified atom stereocenters. The van der Waals surface area contributed by atoms with E-state index in [-0.39, 0.29) is 16.4 Å². The van der Waals surface area contributed by atoms with Gasteiger partial charge in [0.15, 0.2) is 9.84 Å². The number of benzene rings is 2. The third-order valence-corrected chi connectivity index (χ3v) is 7.17. The minimum Gasteiger partial charge on any atom is -0.369 e. The maximum absolute atomic E-state index is 12.4. The molecule has 1 saturated heterocycles. The molecule has 3 rings (SSSR count). The predicted octanol–water partition coefficient (Wildman–Crippen LogP) is 2.03. The standard InChI is InChI=1S/C17H20N2O4S2/c1-14-2-8-17(9-3-14)25(22,23)18-15-4-6-16(7-5-15)19-10-12-24(20,21)13-11-19/h2-9,18H,10-13H2,1H3. The molecule has 1 heterocycles. The molecule has 0 bridgehead atoms. The number of rotatable bonds is 4. The molecule has 0 spiro atoms. The highest BCUT2D eigenvalue weighted by Crippen LogP contribution is 2.22. The summed E-state index contributed by atoms with van der Waals surface area (Å²) >= 11 is 0. The number of nitrogens with one attached hydrogen (secondary N) is 1. The summed E-state index contributed by atoms with van der Waals surface area (Å²) in [4.78, 5) is 2.20. The van der Waals surface area contributed by atoms with Crippen molar-refractivity contribution in [2.75, 3.05) is 34.2 Å². The molecular formula is C17H20N2O4S2. The molecule has 8 heteroatoms. The first kappa shape index (κ1) is 17.8. The predicted molar refractivity (Wildman–Crippen MR) is 99.3 cm³/mol. The van der Waals surface area contributed by atoms with Crippen LogP contribution < -0.4 is 9.62 Å². The molecule has 1 N–H and O–H groups in total. The Hall–Kier alpha value is -2.06. The van der Waals surface area contributed by atoms with Gasteiger partial charge in [-0.2, -0.15) is 0 Å². The fourth-order valence-corrected chi connectivity index (χ4v) is 4.90. The van der Waals surface area contributed by atoms with Gasteiger partial charge in [0, 0.05) is 24.5 Å². The largest absolute Gasteiger partial charge is 0.369 e. The zero-order valence-corrected chi connectivity index (χ0v) is 15.5. The Labute approximate surface area is 148 Å². The van der Waals surface area contributed by atoms with Gasteiger partial charge < -0.3 is 4.90 Å². The normalized spacial score (nSPS) is 17.2. The van der Waals surface area contributed by atoms with Crippen LogP contribution in [0.25, 0.3) is 0 Å². The van der Waals surface area contributed by atoms with Gasteiger partial charge in [0.25, 0.3) is 10.0 Å². The van der Waals surface area contributed by atoms with E-state index in [2.05, 4.69) is 4.72 Å². The average molecular weight is 380 g/mol. The van der Waals surface area contributed by atoms with Crippen LogP contribution in [0.15, 0.2) is 53.4 Å². The van der Waals surface area contributed by atoms with Crippen LogP contribution in [-0.4, -0.2) is 41.4 Å². The highest BCUT2D eigenvalue weighted by molar-refractivity contribution is 7.92. The number of aryl methyl sites for hydroxylation is 1. The van der Waals surface area contributed by atoms with Crippen molar-refractivity contribution < 1.29 is 16.8 Å². The lowest BCUT2D eigenvalue weighted by Gasteiger charge is -2.28. The van der Waals surface area contributed by atoms with Crippen LogP contribution in [0.4, 0.5) is 11.4 Å². The van der Waals surface area contributed by atoms with Crippen LogP contribution >= 0.6 is 0 Å². The Morgan fingerprint density at radius 2 is 1.48 bits per heavy atom. The molecular weight excluding hydrogens is 360 g/mol. The van der Waals surface area contributed by atoms with E-state index in [0.717, 1.165) is 11.3 Å². The van der Waals surface area contributed by atoms with Gasteiger partial charge in [0.1, 0.15) is 0 Å². The van der Waals surface area contributed by atoms with E-state index >= 15 is 0 Å². The second kappa shape index (κ2) is 6.68. The van der Waals surface area contributed by atoms with Crippen molar-refractivity contribution in [1.29, 1.82) is 0 Å². The lowest BCUT2D eigenvalue weighted by atomic mass is 10.2. The zero-order valence-electron chi connectivity index (χ0n) is 13.8. The van der Waals surface area contributed by atoms with Crippen LogP contribution in [0.5, 0.6) is 0 Å². The van der Waals surface area contributed by atoms with Crippen LogP contribution in [0.1, 0.15) is 5.56 Å². The average Bonchev–Trinajstić information content (AvgIpc) is 2.56. The summed E-state index contributed by atoms with van der Waals surface area (Å²) in [7, 11) is -6.55. The molecule has 0 atom stereocenters. The van der Waals surface area contributed by atoms with E-state index < -0.39 is 19.9 Å². The van der Waals surface area contributed by atoms with Crippen molar-refractivity contribution in [2.45, 2.75) is 11.8 Å². The second-order valence-electron chi connectivity index (χ2n) is 6.10. The molecule has 0 radical (unpaired) electrons. The number of hydrogen-bond donors (Lipinski definition) is 1. The van der Waals surface area contributed by atoms with E-state index in [1.165, 1.54) is 0 Å². The minimum atomic E-state index is -3.63. The van der Waals surface area contributed by atoms with E-state index in [0.29, 0.717) is 18.8 Å². The van der Waals surface area contributed by atoms with E-state index in [1.807, 2.05) is 11.8 Å². The Bertz CT molecular complexity index is 937. The van der Waals surface area contributed by atoms with Crippen molar-refractivity contribution in [1.82, 2.24) is 0 Å². The molecule has 2 aromatic rings. The van der Waals surface area contributed by atoms with Gasteiger partial charge in [0.2, 0.25) is 0 Å². The molecule has 0 amide bonds. The Balaban J connectivity index is 1.71. The Morgan fingerprint density at radius 3 is 2.04 bits per heavy atom. The summed E-state index contributed by atoms with van der Waals surface area (Å²) in [6, 6.07) is 13.6. The van der Waals surface area contributed by atoms with Gasteiger partial charge in [-0.3, -0.25) is 4.72 Å². The first-order valence-corrected chi connectivity index (χ1v) is 11.2. The molecule has 0 saturated carbocycles. The molecule has 2 aromatic carbocycles. The van der Waals surface area contributed by atoms with Gasteiger partial charge in [-0.05, 0) is 43.3 Å². The SMILES string of the molecule is Cc1ccc(S(=O)(=O)Nc2ccc(N3CCS(=O)(=O)CC3)cc2)cc1. The third kappa shape index (κ3) is 4.32. The highest BCUT2D eigenvalue weighted by Gasteiger charge is 2.21. The molecule has 25 heavy (non-hydrogen) atoms. The monoisotopic (exact) mass is 380 g/mol. The summed E-state index contributed by atoms with van der Waals surface area (Å²) in [5, 5.41) is 0. The van der Waals surface area contributed by atoms with E-state index in [1.54, 1.807) is 48.5 Å². The number of sulfonamides is 1. The van der Waals surface area contributed by atoms with Gasteiger partial charge in [0.05, 0.1) is 16.4 Å². The van der Waals surface area contributed by atoms with Gasteiger partial charge in [-0.1, -0.05) is 17.7 Å². The van der Waals surface area contributed by atoms with Gasteiger partial charge in [-0.15, -0.1) is 0 Å². The summed E-state index contributed by atoms with van der Waals surface area (Å²) in [5.74, 6) is 0.295. The van der Waals surface area contributed by atoms with Crippen molar-refractivity contribution in [3.05, 3.63) is 54.1 Å². The maximum atomic E-state index is 12.4. The lowest BCUT2D eigenvalue weighted by molar-refractivity contribution is 0.586. The minimum absolute atomic E-state index is 0.148. The van der Waals surface area contributed by atoms with E-state index in [9.17, 15) is 16.8 Å². The first-order valence-electron chi connectivity index (χ1n) is 7.90. The molecule has 0 aliphatic carbocycles. The first-order chi connectivity index (χ1) is 11.8. The molecule has 0 aromatic heterocycles. The summed E-state index contributed by atoms with van der Waals surface area (Å²) in [6.45, 7) is 2.81. The quantitative estimate of drug-likeness (QED) is 0.877. The van der Waals surface area contributed by atoms with Crippen molar-refractivity contribution in [2.24, 2.45) is 0 Å². The van der Waals surface area contributed by atoms with Crippen molar-refractivity contribution in [3.63, 3.8) is 0 Å². The van der Waals surface area contributed by atoms with Crippen LogP contribution in [-0.2, 0) is 19.9 Å². The van der Waals surface area contributed by atoms with Gasteiger partial charge in [-0.25, -0.2) is 16.8 Å². The lowest BCUT2D eigenvalue weighted by Crippen LogP contribution is -2.40. The van der Waals surface area contributed by atoms with Crippen LogP contribution in [0.3, 0.4) is 0 Å². The fraction of sp³-hybridized carbons (Fsp3) is 0.294.